The predicted octanol–water partition coefficient (Wildman–Crippen LogP) is 3.58. The minimum Gasteiger partial charge on any atom is -0.496 e. The fourth-order valence-electron chi connectivity index (χ4n) is 2.50. The van der Waals surface area contributed by atoms with Crippen molar-refractivity contribution >= 4 is 39.6 Å². The van der Waals surface area contributed by atoms with E-state index < -0.39 is 0 Å². The lowest BCUT2D eigenvalue weighted by Crippen LogP contribution is -2.18. The highest BCUT2D eigenvalue weighted by molar-refractivity contribution is 9.10. The first-order valence-electron chi connectivity index (χ1n) is 8.67. The van der Waals surface area contributed by atoms with Crippen LogP contribution in [-0.4, -0.2) is 32.2 Å². The summed E-state index contributed by atoms with van der Waals surface area (Å²) in [5.74, 6) is 0.997. The van der Waals surface area contributed by atoms with Gasteiger partial charge in [-0.1, -0.05) is 0 Å². The Bertz CT molecular complexity index is 908. The Kier molecular flexibility index (Phi) is 6.30. The lowest BCUT2D eigenvalue weighted by molar-refractivity contribution is -0.117. The number of hydrogen-bond acceptors (Lipinski definition) is 5. The Labute approximate surface area is 171 Å². The Morgan fingerprint density at radius 2 is 1.79 bits per heavy atom. The first-order chi connectivity index (χ1) is 13.5. The van der Waals surface area contributed by atoms with Gasteiger partial charge in [-0.3, -0.25) is 9.59 Å². The summed E-state index contributed by atoms with van der Waals surface area (Å²) in [7, 11) is 3.11. The van der Waals surface area contributed by atoms with E-state index in [1.807, 2.05) is 0 Å². The van der Waals surface area contributed by atoms with Crippen molar-refractivity contribution in [2.75, 3.05) is 19.5 Å². The zero-order valence-corrected chi connectivity index (χ0v) is 17.1. The van der Waals surface area contributed by atoms with Gasteiger partial charge in [-0.15, -0.1) is 0 Å². The van der Waals surface area contributed by atoms with Gasteiger partial charge in [0.1, 0.15) is 11.5 Å². The van der Waals surface area contributed by atoms with Crippen LogP contribution in [0, 0.1) is 5.92 Å². The zero-order chi connectivity index (χ0) is 20.1. The minimum atomic E-state index is -0.358. The molecule has 2 aromatic carbocycles. The van der Waals surface area contributed by atoms with Crippen LogP contribution in [-0.2, 0) is 4.79 Å². The smallest absolute Gasteiger partial charge is 0.271 e. The van der Waals surface area contributed by atoms with E-state index in [9.17, 15) is 9.59 Å². The third-order valence-corrected chi connectivity index (χ3v) is 4.86. The van der Waals surface area contributed by atoms with Crippen LogP contribution in [0.5, 0.6) is 11.5 Å². The number of hydrogen-bond donors (Lipinski definition) is 2. The third kappa shape index (κ3) is 4.89. The maximum absolute atomic E-state index is 12.2. The SMILES string of the molecule is COc1cc(OC)c(C=NNC(=O)c2ccc(NC(=O)C3CC3)cc2)cc1Br. The summed E-state index contributed by atoms with van der Waals surface area (Å²) in [5.41, 5.74) is 4.26. The molecule has 2 amide bonds. The van der Waals surface area contributed by atoms with Crippen molar-refractivity contribution in [3.8, 4) is 11.5 Å². The monoisotopic (exact) mass is 445 g/mol. The van der Waals surface area contributed by atoms with Gasteiger partial charge in [-0.05, 0) is 59.1 Å². The Hall–Kier alpha value is -2.87. The molecule has 0 aromatic heterocycles. The molecule has 1 aliphatic rings. The van der Waals surface area contributed by atoms with Crippen molar-refractivity contribution in [3.05, 3.63) is 52.0 Å². The van der Waals surface area contributed by atoms with Crippen LogP contribution in [0.15, 0.2) is 46.0 Å². The molecule has 1 fully saturated rings. The number of hydrazone groups is 1. The van der Waals surface area contributed by atoms with E-state index in [2.05, 4.69) is 31.8 Å². The highest BCUT2D eigenvalue weighted by Crippen LogP contribution is 2.32. The van der Waals surface area contributed by atoms with Gasteiger partial charge in [0.2, 0.25) is 5.91 Å². The summed E-state index contributed by atoms with van der Waals surface area (Å²) in [6, 6.07) is 10.2. The second kappa shape index (κ2) is 8.88. The van der Waals surface area contributed by atoms with Gasteiger partial charge in [0.15, 0.2) is 0 Å². The van der Waals surface area contributed by atoms with Gasteiger partial charge in [0.05, 0.1) is 24.9 Å². The van der Waals surface area contributed by atoms with Crippen LogP contribution in [0.3, 0.4) is 0 Å². The molecule has 2 aromatic rings. The summed E-state index contributed by atoms with van der Waals surface area (Å²) >= 11 is 3.41. The molecular formula is C20H20BrN3O4. The van der Waals surface area contributed by atoms with E-state index in [0.717, 1.165) is 17.3 Å². The van der Waals surface area contributed by atoms with Crippen molar-refractivity contribution < 1.29 is 19.1 Å². The van der Waals surface area contributed by atoms with Crippen molar-refractivity contribution in [1.82, 2.24) is 5.43 Å². The molecule has 1 saturated carbocycles. The molecule has 8 heteroatoms. The number of methoxy groups -OCH3 is 2. The number of nitrogens with one attached hydrogen (secondary N) is 2. The summed E-state index contributed by atoms with van der Waals surface area (Å²) in [4.78, 5) is 24.0. The van der Waals surface area contributed by atoms with Gasteiger partial charge in [0.25, 0.3) is 5.91 Å². The summed E-state index contributed by atoms with van der Waals surface area (Å²) in [6.45, 7) is 0. The predicted molar refractivity (Wildman–Crippen MR) is 110 cm³/mol. The molecule has 0 spiro atoms. The van der Waals surface area contributed by atoms with Gasteiger partial charge < -0.3 is 14.8 Å². The number of benzene rings is 2. The molecule has 0 bridgehead atoms. The summed E-state index contributed by atoms with van der Waals surface area (Å²) in [5, 5.41) is 6.82. The topological polar surface area (TPSA) is 89.0 Å². The normalized spacial score (nSPS) is 13.2. The number of nitrogens with zero attached hydrogens (tertiary/aromatic N) is 1. The van der Waals surface area contributed by atoms with E-state index in [1.54, 1.807) is 50.6 Å². The van der Waals surface area contributed by atoms with E-state index in [4.69, 9.17) is 9.47 Å². The van der Waals surface area contributed by atoms with Crippen LogP contribution in [0.2, 0.25) is 0 Å². The quantitative estimate of drug-likeness (QED) is 0.503. The van der Waals surface area contributed by atoms with Crippen molar-refractivity contribution in [1.29, 1.82) is 0 Å². The molecular weight excluding hydrogens is 426 g/mol. The molecule has 146 valence electrons. The molecule has 0 radical (unpaired) electrons. The largest absolute Gasteiger partial charge is 0.496 e. The minimum absolute atomic E-state index is 0.0291. The Morgan fingerprint density at radius 1 is 1.11 bits per heavy atom. The third-order valence-electron chi connectivity index (χ3n) is 4.24. The van der Waals surface area contributed by atoms with Gasteiger partial charge in [-0.2, -0.15) is 5.10 Å². The molecule has 7 nitrogen and oxygen atoms in total. The van der Waals surface area contributed by atoms with Crippen LogP contribution in [0.1, 0.15) is 28.8 Å². The van der Waals surface area contributed by atoms with Crippen molar-refractivity contribution in [2.24, 2.45) is 11.0 Å². The molecule has 0 unspecified atom stereocenters. The van der Waals surface area contributed by atoms with Crippen LogP contribution in [0.25, 0.3) is 0 Å². The highest BCUT2D eigenvalue weighted by Gasteiger charge is 2.29. The molecule has 2 N–H and O–H groups in total. The summed E-state index contributed by atoms with van der Waals surface area (Å²) in [6.07, 6.45) is 3.38. The Morgan fingerprint density at radius 3 is 2.39 bits per heavy atom. The Balaban J connectivity index is 1.62. The van der Waals surface area contributed by atoms with Gasteiger partial charge >= 0.3 is 0 Å². The van der Waals surface area contributed by atoms with Crippen LogP contribution in [0.4, 0.5) is 5.69 Å². The number of amides is 2. The van der Waals surface area contributed by atoms with Gasteiger partial charge in [0, 0.05) is 28.8 Å². The lowest BCUT2D eigenvalue weighted by atomic mass is 10.2. The highest BCUT2D eigenvalue weighted by atomic mass is 79.9. The molecule has 0 atom stereocenters. The van der Waals surface area contributed by atoms with Crippen molar-refractivity contribution in [2.45, 2.75) is 12.8 Å². The van der Waals surface area contributed by atoms with E-state index in [1.165, 1.54) is 6.21 Å². The number of anilines is 1. The molecule has 0 heterocycles. The fraction of sp³-hybridized carbons (Fsp3) is 0.250. The standard InChI is InChI=1S/C20H20BrN3O4/c1-27-17-10-18(28-2)16(21)9-14(17)11-22-24-20(26)13-5-7-15(8-6-13)23-19(25)12-3-4-12/h5-12H,3-4H2,1-2H3,(H,23,25)(H,24,26). The number of carbonyl (C=O) groups is 2. The van der Waals surface area contributed by atoms with Crippen LogP contribution < -0.4 is 20.2 Å². The zero-order valence-electron chi connectivity index (χ0n) is 15.5. The van der Waals surface area contributed by atoms with Gasteiger partial charge in [-0.25, -0.2) is 5.43 Å². The number of halogens is 1. The number of ether oxygens (including phenoxy) is 2. The van der Waals surface area contributed by atoms with Crippen LogP contribution >= 0.6 is 15.9 Å². The molecule has 28 heavy (non-hydrogen) atoms. The van der Waals surface area contributed by atoms with Crippen molar-refractivity contribution in [3.63, 3.8) is 0 Å². The second-order valence-electron chi connectivity index (χ2n) is 6.27. The maximum atomic E-state index is 12.2. The average Bonchev–Trinajstić information content (AvgIpc) is 3.54. The fourth-order valence-corrected chi connectivity index (χ4v) is 3.03. The number of rotatable bonds is 7. The molecule has 1 aliphatic carbocycles. The molecule has 3 rings (SSSR count). The molecule has 0 aliphatic heterocycles. The lowest BCUT2D eigenvalue weighted by Gasteiger charge is -2.09. The second-order valence-corrected chi connectivity index (χ2v) is 7.12. The average molecular weight is 446 g/mol. The number of carbonyl (C=O) groups excluding carboxylic acids is 2. The van der Waals surface area contributed by atoms with E-state index >= 15 is 0 Å². The summed E-state index contributed by atoms with van der Waals surface area (Å²) < 4.78 is 11.3. The maximum Gasteiger partial charge on any atom is 0.271 e. The first-order valence-corrected chi connectivity index (χ1v) is 9.47. The molecule has 0 saturated heterocycles. The van der Waals surface area contributed by atoms with E-state index in [-0.39, 0.29) is 17.7 Å². The van der Waals surface area contributed by atoms with E-state index in [0.29, 0.717) is 28.3 Å². The first kappa shape index (κ1) is 19.9.